The SMILES string of the molecule is CCCc1ccc(CCc2ccc(C3CCC(C[C@@H](C)c4ccccc4)CC3)cc2)cc1. The van der Waals surface area contributed by atoms with Crippen molar-refractivity contribution < 1.29 is 0 Å². The zero-order valence-corrected chi connectivity index (χ0v) is 20.1. The van der Waals surface area contributed by atoms with E-state index in [1.165, 1.54) is 67.2 Å². The summed E-state index contributed by atoms with van der Waals surface area (Å²) in [5, 5.41) is 0. The summed E-state index contributed by atoms with van der Waals surface area (Å²) in [4.78, 5) is 0. The first-order chi connectivity index (χ1) is 15.7. The summed E-state index contributed by atoms with van der Waals surface area (Å²) in [6.07, 6.45) is 11.5. The molecule has 0 heterocycles. The van der Waals surface area contributed by atoms with E-state index in [-0.39, 0.29) is 0 Å². The van der Waals surface area contributed by atoms with Crippen LogP contribution in [0.5, 0.6) is 0 Å². The molecule has 0 heteroatoms. The van der Waals surface area contributed by atoms with Crippen LogP contribution in [-0.2, 0) is 19.3 Å². The van der Waals surface area contributed by atoms with Crippen LogP contribution >= 0.6 is 0 Å². The van der Waals surface area contributed by atoms with Crippen LogP contribution < -0.4 is 0 Å². The minimum Gasteiger partial charge on any atom is -0.0651 e. The van der Waals surface area contributed by atoms with Crippen molar-refractivity contribution >= 4 is 0 Å². The average molecular weight is 425 g/mol. The fraction of sp³-hybridized carbons (Fsp3) is 0.438. The molecule has 0 aromatic heterocycles. The predicted molar refractivity (Wildman–Crippen MR) is 138 cm³/mol. The molecule has 1 atom stereocenters. The largest absolute Gasteiger partial charge is 0.0651 e. The quantitative estimate of drug-likeness (QED) is 0.322. The van der Waals surface area contributed by atoms with Crippen LogP contribution in [0.3, 0.4) is 0 Å². The van der Waals surface area contributed by atoms with Crippen molar-refractivity contribution in [1.82, 2.24) is 0 Å². The average Bonchev–Trinajstić information content (AvgIpc) is 2.85. The molecule has 32 heavy (non-hydrogen) atoms. The molecule has 0 spiro atoms. The van der Waals surface area contributed by atoms with Crippen molar-refractivity contribution in [2.24, 2.45) is 5.92 Å². The summed E-state index contributed by atoms with van der Waals surface area (Å²) < 4.78 is 0. The molecule has 3 aromatic carbocycles. The zero-order chi connectivity index (χ0) is 22.2. The zero-order valence-electron chi connectivity index (χ0n) is 20.1. The highest BCUT2D eigenvalue weighted by molar-refractivity contribution is 5.28. The van der Waals surface area contributed by atoms with Crippen molar-refractivity contribution in [1.29, 1.82) is 0 Å². The third-order valence-corrected chi connectivity index (χ3v) is 7.62. The predicted octanol–water partition coefficient (Wildman–Crippen LogP) is 8.89. The summed E-state index contributed by atoms with van der Waals surface area (Å²) >= 11 is 0. The highest BCUT2D eigenvalue weighted by atomic mass is 14.3. The normalized spacial score (nSPS) is 19.6. The number of aryl methyl sites for hydroxylation is 3. The van der Waals surface area contributed by atoms with Gasteiger partial charge >= 0.3 is 0 Å². The van der Waals surface area contributed by atoms with E-state index in [4.69, 9.17) is 0 Å². The van der Waals surface area contributed by atoms with Crippen molar-refractivity contribution in [3.05, 3.63) is 107 Å². The molecule has 0 saturated heterocycles. The summed E-state index contributed by atoms with van der Waals surface area (Å²) in [7, 11) is 0. The van der Waals surface area contributed by atoms with Gasteiger partial charge in [0, 0.05) is 0 Å². The number of hydrogen-bond acceptors (Lipinski definition) is 0. The summed E-state index contributed by atoms with van der Waals surface area (Å²) in [5.41, 5.74) is 7.45. The standard InChI is InChI=1S/C32H40/c1-3-7-26-10-12-27(13-11-26)14-15-28-16-20-31(21-17-28)32-22-18-29(19-23-32)24-25(2)30-8-5-4-6-9-30/h4-6,8-13,16-17,20-21,25,29,32H,3,7,14-15,18-19,22-24H2,1-2H3/t25-,29?,32?/m1/s1. The maximum Gasteiger partial charge on any atom is -0.0162 e. The molecule has 0 amide bonds. The molecule has 1 aliphatic carbocycles. The molecule has 1 aliphatic rings. The second-order valence-corrected chi connectivity index (χ2v) is 10.1. The number of rotatable bonds is 9. The minimum absolute atomic E-state index is 0.680. The van der Waals surface area contributed by atoms with Crippen LogP contribution in [0.25, 0.3) is 0 Å². The van der Waals surface area contributed by atoms with Crippen molar-refractivity contribution in [2.45, 2.75) is 83.5 Å². The fourth-order valence-corrected chi connectivity index (χ4v) is 5.56. The molecule has 168 valence electrons. The van der Waals surface area contributed by atoms with Crippen LogP contribution in [0.15, 0.2) is 78.9 Å². The monoisotopic (exact) mass is 424 g/mol. The van der Waals surface area contributed by atoms with Gasteiger partial charge in [0.05, 0.1) is 0 Å². The smallest absolute Gasteiger partial charge is 0.0162 e. The molecule has 0 bridgehead atoms. The molecule has 0 N–H and O–H groups in total. The summed E-state index contributed by atoms with van der Waals surface area (Å²) in [5.74, 6) is 2.34. The van der Waals surface area contributed by atoms with Gasteiger partial charge in [-0.3, -0.25) is 0 Å². The molecule has 0 nitrogen and oxygen atoms in total. The van der Waals surface area contributed by atoms with Gasteiger partial charge in [-0.15, -0.1) is 0 Å². The first-order valence-corrected chi connectivity index (χ1v) is 12.9. The van der Waals surface area contributed by atoms with Gasteiger partial charge in [-0.05, 0) is 96.9 Å². The Hall–Kier alpha value is -2.34. The lowest BCUT2D eigenvalue weighted by Gasteiger charge is -2.30. The summed E-state index contributed by atoms with van der Waals surface area (Å²) in [6.45, 7) is 4.65. The Kier molecular flexibility index (Phi) is 8.21. The molecular weight excluding hydrogens is 384 g/mol. The second kappa shape index (κ2) is 11.5. The van der Waals surface area contributed by atoms with Gasteiger partial charge in [-0.25, -0.2) is 0 Å². The Labute approximate surface area is 196 Å². The van der Waals surface area contributed by atoms with Gasteiger partial charge in [0.25, 0.3) is 0 Å². The van der Waals surface area contributed by atoms with E-state index < -0.39 is 0 Å². The Bertz CT molecular complexity index is 912. The molecule has 0 radical (unpaired) electrons. The van der Waals surface area contributed by atoms with Crippen molar-refractivity contribution in [3.8, 4) is 0 Å². The van der Waals surface area contributed by atoms with Crippen LogP contribution in [0.2, 0.25) is 0 Å². The molecule has 1 fully saturated rings. The van der Waals surface area contributed by atoms with Crippen molar-refractivity contribution in [3.63, 3.8) is 0 Å². The van der Waals surface area contributed by atoms with E-state index in [1.54, 1.807) is 5.56 Å². The fourth-order valence-electron chi connectivity index (χ4n) is 5.56. The van der Waals surface area contributed by atoms with Crippen LogP contribution in [0, 0.1) is 5.92 Å². The topological polar surface area (TPSA) is 0 Å². The third-order valence-electron chi connectivity index (χ3n) is 7.62. The van der Waals surface area contributed by atoms with Crippen LogP contribution in [-0.4, -0.2) is 0 Å². The minimum atomic E-state index is 0.680. The van der Waals surface area contributed by atoms with E-state index in [1.807, 2.05) is 0 Å². The molecule has 0 aliphatic heterocycles. The number of hydrogen-bond donors (Lipinski definition) is 0. The maximum atomic E-state index is 2.41. The van der Waals surface area contributed by atoms with Gasteiger partial charge in [0.2, 0.25) is 0 Å². The van der Waals surface area contributed by atoms with E-state index in [9.17, 15) is 0 Å². The molecule has 4 rings (SSSR count). The lowest BCUT2D eigenvalue weighted by atomic mass is 9.75. The lowest BCUT2D eigenvalue weighted by molar-refractivity contribution is 0.297. The molecule has 0 unspecified atom stereocenters. The van der Waals surface area contributed by atoms with Gasteiger partial charge in [0.1, 0.15) is 0 Å². The number of benzene rings is 3. The highest BCUT2D eigenvalue weighted by Gasteiger charge is 2.24. The molecule has 3 aromatic rings. The Morgan fingerprint density at radius 1 is 0.656 bits per heavy atom. The summed E-state index contributed by atoms with van der Waals surface area (Å²) in [6, 6.07) is 29.9. The van der Waals surface area contributed by atoms with Gasteiger partial charge < -0.3 is 0 Å². The van der Waals surface area contributed by atoms with E-state index in [0.29, 0.717) is 5.92 Å². The van der Waals surface area contributed by atoms with Crippen molar-refractivity contribution in [2.75, 3.05) is 0 Å². The van der Waals surface area contributed by atoms with E-state index >= 15 is 0 Å². The van der Waals surface area contributed by atoms with Crippen LogP contribution in [0.4, 0.5) is 0 Å². The van der Waals surface area contributed by atoms with Crippen LogP contribution in [0.1, 0.15) is 92.0 Å². The lowest BCUT2D eigenvalue weighted by Crippen LogP contribution is -2.15. The van der Waals surface area contributed by atoms with Gasteiger partial charge in [-0.2, -0.15) is 0 Å². The Morgan fingerprint density at radius 2 is 1.19 bits per heavy atom. The second-order valence-electron chi connectivity index (χ2n) is 10.1. The van der Waals surface area contributed by atoms with Gasteiger partial charge in [0.15, 0.2) is 0 Å². The third kappa shape index (κ3) is 6.35. The Balaban J connectivity index is 1.23. The molecular formula is C32H40. The van der Waals surface area contributed by atoms with E-state index in [2.05, 4.69) is 92.7 Å². The van der Waals surface area contributed by atoms with Gasteiger partial charge in [-0.1, -0.05) is 99.1 Å². The maximum absolute atomic E-state index is 2.41. The first-order valence-electron chi connectivity index (χ1n) is 12.9. The molecule has 1 saturated carbocycles. The van der Waals surface area contributed by atoms with E-state index in [0.717, 1.165) is 24.7 Å². The Morgan fingerprint density at radius 3 is 1.75 bits per heavy atom. The first kappa shape index (κ1) is 22.8. The highest BCUT2D eigenvalue weighted by Crippen LogP contribution is 2.39.